The molecule has 1 aliphatic rings. The standard InChI is InChI=1S/C15H27N5O.HI/c1-12-8-13(2)20(19-12)7-5-6-17-14(16-4)18-9-15(3)10-21-11-15;/h8H,5-7,9-11H2,1-4H3,(H2,16,17,18);1H. The summed E-state index contributed by atoms with van der Waals surface area (Å²) >= 11 is 0. The van der Waals surface area contributed by atoms with E-state index in [-0.39, 0.29) is 29.4 Å². The summed E-state index contributed by atoms with van der Waals surface area (Å²) in [4.78, 5) is 4.25. The lowest BCUT2D eigenvalue weighted by atomic mass is 9.89. The van der Waals surface area contributed by atoms with Crippen molar-refractivity contribution in [2.75, 3.05) is 33.4 Å². The van der Waals surface area contributed by atoms with Gasteiger partial charge in [-0.15, -0.1) is 24.0 Å². The first-order valence-electron chi connectivity index (χ1n) is 7.56. The summed E-state index contributed by atoms with van der Waals surface area (Å²) < 4.78 is 7.31. The molecule has 0 aromatic carbocycles. The van der Waals surface area contributed by atoms with Crippen molar-refractivity contribution in [2.24, 2.45) is 10.4 Å². The SMILES string of the molecule is CN=C(NCCCn1nc(C)cc1C)NCC1(C)COC1.I. The number of guanidine groups is 1. The van der Waals surface area contributed by atoms with Crippen molar-refractivity contribution >= 4 is 29.9 Å². The molecule has 0 aliphatic carbocycles. The molecule has 1 fully saturated rings. The quantitative estimate of drug-likeness (QED) is 0.318. The van der Waals surface area contributed by atoms with Gasteiger partial charge in [0.2, 0.25) is 0 Å². The number of rotatable bonds is 6. The van der Waals surface area contributed by atoms with Crippen LogP contribution in [-0.2, 0) is 11.3 Å². The van der Waals surface area contributed by atoms with Crippen LogP contribution < -0.4 is 10.6 Å². The van der Waals surface area contributed by atoms with E-state index in [9.17, 15) is 0 Å². The molecule has 0 saturated carbocycles. The van der Waals surface area contributed by atoms with Crippen molar-refractivity contribution in [3.05, 3.63) is 17.5 Å². The molecule has 1 aromatic rings. The zero-order chi connectivity index (χ0) is 15.3. The summed E-state index contributed by atoms with van der Waals surface area (Å²) in [6, 6.07) is 2.11. The number of hydrogen-bond acceptors (Lipinski definition) is 3. The van der Waals surface area contributed by atoms with E-state index in [0.717, 1.165) is 50.9 Å². The summed E-state index contributed by atoms with van der Waals surface area (Å²) in [5.74, 6) is 0.858. The van der Waals surface area contributed by atoms with Gasteiger partial charge in [-0.1, -0.05) is 6.92 Å². The molecule has 0 radical (unpaired) electrons. The summed E-state index contributed by atoms with van der Waals surface area (Å²) in [7, 11) is 1.80. The van der Waals surface area contributed by atoms with E-state index >= 15 is 0 Å². The summed E-state index contributed by atoms with van der Waals surface area (Å²) in [6.45, 7) is 10.7. The van der Waals surface area contributed by atoms with Crippen LogP contribution in [0.15, 0.2) is 11.1 Å². The highest BCUT2D eigenvalue weighted by molar-refractivity contribution is 14.0. The fraction of sp³-hybridized carbons (Fsp3) is 0.733. The van der Waals surface area contributed by atoms with Gasteiger partial charge in [0.25, 0.3) is 0 Å². The maximum Gasteiger partial charge on any atom is 0.191 e. The number of aryl methyl sites for hydroxylation is 3. The van der Waals surface area contributed by atoms with E-state index < -0.39 is 0 Å². The number of ether oxygens (including phenoxy) is 1. The number of hydrogen-bond donors (Lipinski definition) is 2. The second-order valence-electron chi connectivity index (χ2n) is 6.16. The fourth-order valence-electron chi connectivity index (χ4n) is 2.41. The second kappa shape index (κ2) is 8.71. The summed E-state index contributed by atoms with van der Waals surface area (Å²) in [5, 5.41) is 11.2. The third kappa shape index (κ3) is 5.42. The Kier molecular flexibility index (Phi) is 7.61. The monoisotopic (exact) mass is 421 g/mol. The van der Waals surface area contributed by atoms with Crippen LogP contribution in [0.1, 0.15) is 24.7 Å². The number of aliphatic imine (C=N–C) groups is 1. The molecule has 1 aromatic heterocycles. The Bertz CT molecular complexity index is 496. The molecule has 22 heavy (non-hydrogen) atoms. The first kappa shape index (κ1) is 19.2. The Hall–Kier alpha value is -0.830. The van der Waals surface area contributed by atoms with Gasteiger partial charge >= 0.3 is 0 Å². The van der Waals surface area contributed by atoms with E-state index in [0.29, 0.717) is 0 Å². The number of aromatic nitrogens is 2. The molecular formula is C15H28IN5O. The van der Waals surface area contributed by atoms with Crippen LogP contribution in [0, 0.1) is 19.3 Å². The third-order valence-corrected chi connectivity index (χ3v) is 3.75. The van der Waals surface area contributed by atoms with E-state index in [1.165, 1.54) is 5.69 Å². The average Bonchev–Trinajstić information content (AvgIpc) is 2.74. The molecule has 126 valence electrons. The van der Waals surface area contributed by atoms with Crippen LogP contribution in [-0.4, -0.2) is 49.1 Å². The smallest absolute Gasteiger partial charge is 0.191 e. The molecular weight excluding hydrogens is 393 g/mol. The molecule has 0 amide bonds. The minimum absolute atomic E-state index is 0. The average molecular weight is 421 g/mol. The van der Waals surface area contributed by atoms with E-state index in [1.54, 1.807) is 7.05 Å². The Morgan fingerprint density at radius 2 is 2.14 bits per heavy atom. The molecule has 1 saturated heterocycles. The van der Waals surface area contributed by atoms with Gasteiger partial charge in [0.15, 0.2) is 5.96 Å². The molecule has 0 bridgehead atoms. The predicted molar refractivity (Wildman–Crippen MR) is 100 cm³/mol. The van der Waals surface area contributed by atoms with Gasteiger partial charge in [-0.3, -0.25) is 9.67 Å². The molecule has 2 rings (SSSR count). The van der Waals surface area contributed by atoms with Crippen LogP contribution in [0.3, 0.4) is 0 Å². The second-order valence-corrected chi connectivity index (χ2v) is 6.16. The van der Waals surface area contributed by atoms with Gasteiger partial charge in [-0.05, 0) is 26.3 Å². The van der Waals surface area contributed by atoms with E-state index in [2.05, 4.69) is 45.3 Å². The highest BCUT2D eigenvalue weighted by atomic mass is 127. The Balaban J connectivity index is 0.00000242. The van der Waals surface area contributed by atoms with Crippen LogP contribution in [0.25, 0.3) is 0 Å². The van der Waals surface area contributed by atoms with Crippen molar-refractivity contribution in [1.82, 2.24) is 20.4 Å². The topological polar surface area (TPSA) is 63.5 Å². The molecule has 0 atom stereocenters. The fourth-order valence-corrected chi connectivity index (χ4v) is 2.41. The van der Waals surface area contributed by atoms with Crippen molar-refractivity contribution < 1.29 is 4.74 Å². The number of halogens is 1. The Morgan fingerprint density at radius 3 is 2.64 bits per heavy atom. The summed E-state index contributed by atoms with van der Waals surface area (Å²) in [5.41, 5.74) is 2.54. The Morgan fingerprint density at radius 1 is 1.41 bits per heavy atom. The van der Waals surface area contributed by atoms with Crippen LogP contribution in [0.2, 0.25) is 0 Å². The van der Waals surface area contributed by atoms with Gasteiger partial charge in [0, 0.05) is 37.8 Å². The van der Waals surface area contributed by atoms with Crippen molar-refractivity contribution in [3.8, 4) is 0 Å². The van der Waals surface area contributed by atoms with Crippen molar-refractivity contribution in [1.29, 1.82) is 0 Å². The predicted octanol–water partition coefficient (Wildman–Crippen LogP) is 1.71. The molecule has 1 aliphatic heterocycles. The van der Waals surface area contributed by atoms with Crippen LogP contribution >= 0.6 is 24.0 Å². The maximum atomic E-state index is 5.25. The lowest BCUT2D eigenvalue weighted by molar-refractivity contribution is -0.0971. The molecule has 0 unspecified atom stereocenters. The van der Waals surface area contributed by atoms with Gasteiger partial charge in [-0.25, -0.2) is 0 Å². The van der Waals surface area contributed by atoms with E-state index in [1.807, 2.05) is 6.92 Å². The highest BCUT2D eigenvalue weighted by Crippen LogP contribution is 2.24. The molecule has 7 heteroatoms. The van der Waals surface area contributed by atoms with Gasteiger partial charge in [-0.2, -0.15) is 5.10 Å². The zero-order valence-corrected chi connectivity index (χ0v) is 16.3. The first-order valence-corrected chi connectivity index (χ1v) is 7.56. The lowest BCUT2D eigenvalue weighted by Gasteiger charge is -2.38. The first-order chi connectivity index (χ1) is 10.0. The largest absolute Gasteiger partial charge is 0.380 e. The van der Waals surface area contributed by atoms with Crippen molar-refractivity contribution in [3.63, 3.8) is 0 Å². The minimum Gasteiger partial charge on any atom is -0.380 e. The van der Waals surface area contributed by atoms with Gasteiger partial charge < -0.3 is 15.4 Å². The third-order valence-electron chi connectivity index (χ3n) is 3.75. The normalized spacial score (nSPS) is 16.6. The lowest BCUT2D eigenvalue weighted by Crippen LogP contribution is -2.51. The van der Waals surface area contributed by atoms with Crippen LogP contribution in [0.5, 0.6) is 0 Å². The van der Waals surface area contributed by atoms with Crippen LogP contribution in [0.4, 0.5) is 0 Å². The summed E-state index contributed by atoms with van der Waals surface area (Å²) in [6.07, 6.45) is 1.02. The maximum absolute atomic E-state index is 5.25. The number of nitrogens with one attached hydrogen (secondary N) is 2. The number of nitrogens with zero attached hydrogens (tertiary/aromatic N) is 3. The molecule has 6 nitrogen and oxygen atoms in total. The van der Waals surface area contributed by atoms with E-state index in [4.69, 9.17) is 4.74 Å². The molecule has 2 heterocycles. The van der Waals surface area contributed by atoms with Crippen molar-refractivity contribution in [2.45, 2.75) is 33.7 Å². The Labute approximate surface area is 150 Å². The zero-order valence-electron chi connectivity index (χ0n) is 14.0. The van der Waals surface area contributed by atoms with Gasteiger partial charge in [0.05, 0.1) is 18.9 Å². The molecule has 0 spiro atoms. The van der Waals surface area contributed by atoms with Gasteiger partial charge in [0.1, 0.15) is 0 Å². The minimum atomic E-state index is 0. The highest BCUT2D eigenvalue weighted by Gasteiger charge is 2.33. The molecule has 2 N–H and O–H groups in total.